The van der Waals surface area contributed by atoms with Crippen LogP contribution >= 0.6 is 0 Å². The van der Waals surface area contributed by atoms with Gasteiger partial charge in [-0.2, -0.15) is 0 Å². The first-order valence-corrected chi connectivity index (χ1v) is 12.4. The van der Waals surface area contributed by atoms with E-state index < -0.39 is 23.8 Å². The summed E-state index contributed by atoms with van der Waals surface area (Å²) in [7, 11) is 0. The Kier molecular flexibility index (Phi) is 11.1. The summed E-state index contributed by atoms with van der Waals surface area (Å²) in [6.07, 6.45) is 0.950. The summed E-state index contributed by atoms with van der Waals surface area (Å²) in [5, 5.41) is 5.76. The Morgan fingerprint density at radius 2 is 1.56 bits per heavy atom. The molecule has 0 aliphatic heterocycles. The van der Waals surface area contributed by atoms with Gasteiger partial charge >= 0.3 is 6.09 Å². The van der Waals surface area contributed by atoms with Crippen molar-refractivity contribution in [3.8, 4) is 0 Å². The number of benzene rings is 1. The van der Waals surface area contributed by atoms with Crippen LogP contribution in [-0.2, 0) is 14.3 Å². The number of carbonyl (C=O) groups excluding carboxylic acids is 3. The lowest BCUT2D eigenvalue weighted by Crippen LogP contribution is -2.55. The van der Waals surface area contributed by atoms with Crippen molar-refractivity contribution in [1.82, 2.24) is 15.5 Å². The fourth-order valence-corrected chi connectivity index (χ4v) is 3.87. The number of carbonyl (C=O) groups is 3. The number of nitrogens with zero attached hydrogens (tertiary/aromatic N) is 1. The molecule has 2 atom stereocenters. The Morgan fingerprint density at radius 1 is 1.00 bits per heavy atom. The average Bonchev–Trinajstić information content (AvgIpc) is 2.68. The minimum absolute atomic E-state index is 0.0803. The molecule has 0 aliphatic rings. The molecule has 0 spiro atoms. The molecule has 3 amide bonds. The molecule has 34 heavy (non-hydrogen) atoms. The van der Waals surface area contributed by atoms with Gasteiger partial charge in [-0.05, 0) is 77.5 Å². The minimum atomic E-state index is -0.828. The van der Waals surface area contributed by atoms with Crippen LogP contribution in [0.25, 0.3) is 0 Å². The van der Waals surface area contributed by atoms with Gasteiger partial charge in [-0.3, -0.25) is 9.59 Å². The lowest BCUT2D eigenvalue weighted by molar-refractivity contribution is -0.143. The Bertz CT molecular complexity index is 823. The summed E-state index contributed by atoms with van der Waals surface area (Å²) in [5.41, 5.74) is 2.03. The van der Waals surface area contributed by atoms with Crippen LogP contribution in [0.15, 0.2) is 18.2 Å². The molecule has 0 aliphatic carbocycles. The minimum Gasteiger partial charge on any atom is -0.444 e. The molecular formula is C27H45N3O4. The number of amides is 3. The third-order valence-corrected chi connectivity index (χ3v) is 5.45. The van der Waals surface area contributed by atoms with Crippen molar-refractivity contribution in [2.45, 2.75) is 106 Å². The number of unbranched alkanes of at least 4 members (excludes halogenated alkanes) is 1. The Labute approximate surface area is 206 Å². The summed E-state index contributed by atoms with van der Waals surface area (Å²) >= 11 is 0. The Hall–Kier alpha value is -2.57. The summed E-state index contributed by atoms with van der Waals surface area (Å²) in [4.78, 5) is 41.7. The van der Waals surface area contributed by atoms with Crippen LogP contribution in [0.3, 0.4) is 0 Å². The first-order valence-electron chi connectivity index (χ1n) is 12.4. The average molecular weight is 476 g/mol. The number of nitrogens with one attached hydrogen (secondary N) is 2. The van der Waals surface area contributed by atoms with Crippen LogP contribution in [0.1, 0.15) is 91.0 Å². The van der Waals surface area contributed by atoms with E-state index in [-0.39, 0.29) is 23.8 Å². The predicted octanol–water partition coefficient (Wildman–Crippen LogP) is 5.05. The zero-order valence-corrected chi connectivity index (χ0v) is 22.7. The van der Waals surface area contributed by atoms with Gasteiger partial charge in [-0.25, -0.2) is 4.79 Å². The van der Waals surface area contributed by atoms with Crippen LogP contribution in [0.4, 0.5) is 4.79 Å². The van der Waals surface area contributed by atoms with Gasteiger partial charge in [0.15, 0.2) is 0 Å². The molecular weight excluding hydrogens is 430 g/mol. The quantitative estimate of drug-likeness (QED) is 0.496. The van der Waals surface area contributed by atoms with E-state index in [1.807, 2.05) is 66.7 Å². The highest BCUT2D eigenvalue weighted by atomic mass is 16.6. The molecule has 7 nitrogen and oxygen atoms in total. The van der Waals surface area contributed by atoms with Crippen LogP contribution in [0.2, 0.25) is 0 Å². The summed E-state index contributed by atoms with van der Waals surface area (Å²) in [6, 6.07) is 4.15. The molecule has 0 heterocycles. The summed E-state index contributed by atoms with van der Waals surface area (Å²) < 4.78 is 5.41. The molecule has 0 aromatic heterocycles. The van der Waals surface area contributed by atoms with Crippen LogP contribution in [0, 0.1) is 19.8 Å². The number of rotatable bonds is 10. The molecule has 1 aromatic carbocycles. The van der Waals surface area contributed by atoms with Crippen LogP contribution in [-0.4, -0.2) is 47.0 Å². The highest BCUT2D eigenvalue weighted by Crippen LogP contribution is 2.29. The molecule has 2 N–H and O–H groups in total. The van der Waals surface area contributed by atoms with Gasteiger partial charge in [0.2, 0.25) is 11.8 Å². The van der Waals surface area contributed by atoms with Gasteiger partial charge in [0.25, 0.3) is 0 Å². The molecule has 1 rings (SSSR count). The topological polar surface area (TPSA) is 87.7 Å². The number of ether oxygens (including phenoxy) is 1. The van der Waals surface area contributed by atoms with Crippen LogP contribution in [0.5, 0.6) is 0 Å². The van der Waals surface area contributed by atoms with Crippen molar-refractivity contribution in [2.75, 3.05) is 6.54 Å². The van der Waals surface area contributed by atoms with Gasteiger partial charge in [0, 0.05) is 12.6 Å². The molecule has 1 aromatic rings. The van der Waals surface area contributed by atoms with Crippen molar-refractivity contribution < 1.29 is 19.1 Å². The normalized spacial score (nSPS) is 13.4. The van der Waals surface area contributed by atoms with E-state index in [9.17, 15) is 14.4 Å². The molecule has 7 heteroatoms. The maximum absolute atomic E-state index is 14.0. The van der Waals surface area contributed by atoms with Crippen molar-refractivity contribution in [2.24, 2.45) is 5.92 Å². The van der Waals surface area contributed by atoms with Gasteiger partial charge in [-0.15, -0.1) is 0 Å². The number of hydrogen-bond donors (Lipinski definition) is 2. The Balaban J connectivity index is 3.54. The molecule has 0 saturated carbocycles. The lowest BCUT2D eigenvalue weighted by Gasteiger charge is -2.37. The highest BCUT2D eigenvalue weighted by Gasteiger charge is 2.38. The third kappa shape index (κ3) is 8.65. The van der Waals surface area contributed by atoms with E-state index in [0.29, 0.717) is 6.54 Å². The van der Waals surface area contributed by atoms with Gasteiger partial charge in [0.1, 0.15) is 17.7 Å². The number of hydrogen-bond acceptors (Lipinski definition) is 4. The van der Waals surface area contributed by atoms with Gasteiger partial charge in [-0.1, -0.05) is 45.4 Å². The standard InChI is InChI=1S/C27H45N3O4/c1-11-12-16-30(25(32)22(17(2)3)29-26(33)34-27(8,9)10)23(24(31)28-18(4)5)21-19(6)14-13-15-20(21)7/h13-15,17-18,22-23H,11-12,16H2,1-10H3,(H,28,31)(H,29,33). The van der Waals surface area contributed by atoms with Crippen LogP contribution < -0.4 is 10.6 Å². The highest BCUT2D eigenvalue weighted by molar-refractivity contribution is 5.92. The second-order valence-electron chi connectivity index (χ2n) is 10.6. The monoisotopic (exact) mass is 475 g/mol. The molecule has 0 bridgehead atoms. The zero-order chi connectivity index (χ0) is 26.2. The van der Waals surface area contributed by atoms with E-state index in [0.717, 1.165) is 29.5 Å². The first kappa shape index (κ1) is 29.5. The van der Waals surface area contributed by atoms with Crippen molar-refractivity contribution in [3.05, 3.63) is 34.9 Å². The number of aryl methyl sites for hydroxylation is 2. The molecule has 2 unspecified atom stereocenters. The summed E-state index contributed by atoms with van der Waals surface area (Å²) in [6.45, 7) is 19.2. The van der Waals surface area contributed by atoms with E-state index in [1.165, 1.54) is 0 Å². The van der Waals surface area contributed by atoms with Crippen molar-refractivity contribution in [3.63, 3.8) is 0 Å². The van der Waals surface area contributed by atoms with E-state index in [1.54, 1.807) is 25.7 Å². The van der Waals surface area contributed by atoms with E-state index in [4.69, 9.17) is 4.74 Å². The van der Waals surface area contributed by atoms with Gasteiger partial charge in [0.05, 0.1) is 0 Å². The second-order valence-corrected chi connectivity index (χ2v) is 10.6. The molecule has 0 radical (unpaired) electrons. The Morgan fingerprint density at radius 3 is 2.00 bits per heavy atom. The SMILES string of the molecule is CCCCN(C(=O)C(NC(=O)OC(C)(C)C)C(C)C)C(C(=O)NC(C)C)c1c(C)cccc1C. The second kappa shape index (κ2) is 12.8. The summed E-state index contributed by atoms with van der Waals surface area (Å²) in [5.74, 6) is -0.714. The van der Waals surface area contributed by atoms with Gasteiger partial charge < -0.3 is 20.3 Å². The first-order chi connectivity index (χ1) is 15.7. The fourth-order valence-electron chi connectivity index (χ4n) is 3.87. The fraction of sp³-hybridized carbons (Fsp3) is 0.667. The van der Waals surface area contributed by atoms with E-state index in [2.05, 4.69) is 10.6 Å². The zero-order valence-electron chi connectivity index (χ0n) is 22.7. The molecule has 0 fully saturated rings. The lowest BCUT2D eigenvalue weighted by atomic mass is 9.92. The van der Waals surface area contributed by atoms with E-state index >= 15 is 0 Å². The third-order valence-electron chi connectivity index (χ3n) is 5.45. The maximum atomic E-state index is 14.0. The van der Waals surface area contributed by atoms with Crippen molar-refractivity contribution in [1.29, 1.82) is 0 Å². The number of alkyl carbamates (subject to hydrolysis) is 1. The van der Waals surface area contributed by atoms with Crippen molar-refractivity contribution >= 4 is 17.9 Å². The predicted molar refractivity (Wildman–Crippen MR) is 137 cm³/mol. The molecule has 0 saturated heterocycles. The largest absolute Gasteiger partial charge is 0.444 e. The molecule has 192 valence electrons. The smallest absolute Gasteiger partial charge is 0.408 e. The maximum Gasteiger partial charge on any atom is 0.408 e.